The largest absolute Gasteiger partial charge is 0.481 e. The lowest BCUT2D eigenvalue weighted by Crippen LogP contribution is -2.29. The van der Waals surface area contributed by atoms with Crippen LogP contribution in [0.2, 0.25) is 0 Å². The summed E-state index contributed by atoms with van der Waals surface area (Å²) >= 11 is 0. The van der Waals surface area contributed by atoms with E-state index in [4.69, 9.17) is 33.1 Å². The zero-order valence-electron chi connectivity index (χ0n) is 18.5. The first kappa shape index (κ1) is 33.3. The highest BCUT2D eigenvalue weighted by molar-refractivity contribution is 5.67. The van der Waals surface area contributed by atoms with Crippen LogP contribution in [0.4, 0.5) is 0 Å². The third-order valence-corrected chi connectivity index (χ3v) is 3.50. The van der Waals surface area contributed by atoms with Crippen molar-refractivity contribution in [2.24, 2.45) is 22.9 Å². The van der Waals surface area contributed by atoms with Gasteiger partial charge < -0.3 is 49.1 Å². The van der Waals surface area contributed by atoms with Crippen molar-refractivity contribution >= 4 is 11.9 Å². The minimum atomic E-state index is -0.870. The van der Waals surface area contributed by atoms with E-state index in [9.17, 15) is 9.59 Å². The van der Waals surface area contributed by atoms with Crippen molar-refractivity contribution in [1.29, 1.82) is 0 Å². The molecule has 0 aromatic heterocycles. The van der Waals surface area contributed by atoms with Gasteiger partial charge in [0.05, 0.1) is 0 Å². The van der Waals surface area contributed by atoms with Crippen LogP contribution in [0.3, 0.4) is 0 Å². The molecule has 0 amide bonds. The molecule has 13 N–H and O–H groups in total. The molecule has 0 radical (unpaired) electrons. The van der Waals surface area contributed by atoms with Gasteiger partial charge in [0.25, 0.3) is 0 Å². The molecule has 0 saturated carbocycles. The Balaban J connectivity index is -0.000000372. The van der Waals surface area contributed by atoms with E-state index in [0.717, 1.165) is 78.2 Å². The van der Waals surface area contributed by atoms with Gasteiger partial charge in [0.2, 0.25) is 0 Å². The summed E-state index contributed by atoms with van der Waals surface area (Å²) < 4.78 is 0. The molecule has 30 heavy (non-hydrogen) atoms. The summed E-state index contributed by atoms with van der Waals surface area (Å²) in [4.78, 5) is 19.8. The number of nitrogens with one attached hydrogen (secondary N) is 3. The molecule has 0 aliphatic heterocycles. The van der Waals surface area contributed by atoms with Crippen LogP contribution in [0.1, 0.15) is 44.9 Å². The average molecular weight is 438 g/mol. The Morgan fingerprint density at radius 1 is 0.500 bits per heavy atom. The highest BCUT2D eigenvalue weighted by Crippen LogP contribution is 1.98. The van der Waals surface area contributed by atoms with Gasteiger partial charge in [-0.1, -0.05) is 0 Å². The summed E-state index contributed by atoms with van der Waals surface area (Å²) in [6.45, 7) is 9.00. The van der Waals surface area contributed by atoms with Gasteiger partial charge in [0.15, 0.2) is 0 Å². The maximum absolute atomic E-state index is 9.90. The molecule has 0 atom stereocenters. The predicted octanol–water partition coefficient (Wildman–Crippen LogP) is -1.54. The zero-order chi connectivity index (χ0) is 23.3. The monoisotopic (exact) mass is 437 g/mol. The molecule has 0 heterocycles. The molecule has 0 aromatic carbocycles. The number of nitrogens with two attached hydrogens (primary N) is 4. The molecule has 0 spiro atoms. The predicted molar refractivity (Wildman–Crippen MR) is 122 cm³/mol. The van der Waals surface area contributed by atoms with Crippen LogP contribution in [-0.4, -0.2) is 87.6 Å². The maximum atomic E-state index is 9.90. The van der Waals surface area contributed by atoms with Gasteiger partial charge >= 0.3 is 11.9 Å². The molecular weight excluding hydrogens is 390 g/mol. The number of carboxylic acid groups (broad SMARTS) is 2. The van der Waals surface area contributed by atoms with Crippen molar-refractivity contribution < 1.29 is 19.8 Å². The molecule has 0 saturated heterocycles. The summed E-state index contributed by atoms with van der Waals surface area (Å²) in [7, 11) is 0. The van der Waals surface area contributed by atoms with Gasteiger partial charge in [0.1, 0.15) is 0 Å². The topological polar surface area (TPSA) is 215 Å². The van der Waals surface area contributed by atoms with Crippen molar-refractivity contribution in [2.45, 2.75) is 44.9 Å². The van der Waals surface area contributed by atoms with E-state index in [1.165, 1.54) is 0 Å². The Hall–Kier alpha value is -1.34. The quantitative estimate of drug-likeness (QED) is 0.106. The lowest BCUT2D eigenvalue weighted by atomic mass is 10.2. The van der Waals surface area contributed by atoms with Crippen LogP contribution in [0.25, 0.3) is 0 Å². The number of hydrogen-bond acceptors (Lipinski definition) is 9. The van der Waals surface area contributed by atoms with Crippen molar-refractivity contribution in [3.05, 3.63) is 0 Å². The van der Waals surface area contributed by atoms with Crippen LogP contribution < -0.4 is 38.9 Å². The van der Waals surface area contributed by atoms with E-state index in [0.29, 0.717) is 19.4 Å². The number of rotatable bonds is 19. The van der Waals surface area contributed by atoms with E-state index >= 15 is 0 Å². The van der Waals surface area contributed by atoms with Crippen LogP contribution in [-0.2, 0) is 9.59 Å². The fourth-order valence-electron chi connectivity index (χ4n) is 1.89. The summed E-state index contributed by atoms with van der Waals surface area (Å²) in [5, 5.41) is 26.0. The fourth-order valence-corrected chi connectivity index (χ4v) is 1.89. The van der Waals surface area contributed by atoms with E-state index < -0.39 is 11.9 Å². The lowest BCUT2D eigenvalue weighted by Gasteiger charge is -2.04. The smallest absolute Gasteiger partial charge is 0.303 e. The molecule has 0 aliphatic carbocycles. The summed E-state index contributed by atoms with van der Waals surface area (Å²) in [5.74, 6) is -1.74. The van der Waals surface area contributed by atoms with Gasteiger partial charge in [-0.2, -0.15) is 0 Å². The van der Waals surface area contributed by atoms with E-state index in [1.807, 2.05) is 0 Å². The van der Waals surface area contributed by atoms with Gasteiger partial charge in [-0.15, -0.1) is 0 Å². The van der Waals surface area contributed by atoms with Crippen LogP contribution >= 0.6 is 0 Å². The van der Waals surface area contributed by atoms with E-state index in [2.05, 4.69) is 16.0 Å². The van der Waals surface area contributed by atoms with Crippen molar-refractivity contribution in [3.8, 4) is 0 Å². The van der Waals surface area contributed by atoms with Crippen molar-refractivity contribution in [2.75, 3.05) is 65.4 Å². The molecule has 0 unspecified atom stereocenters. The third-order valence-electron chi connectivity index (χ3n) is 3.50. The van der Waals surface area contributed by atoms with Crippen molar-refractivity contribution in [1.82, 2.24) is 16.0 Å². The van der Waals surface area contributed by atoms with Crippen LogP contribution in [0, 0.1) is 0 Å². The van der Waals surface area contributed by atoms with Crippen molar-refractivity contribution in [3.63, 3.8) is 0 Å². The second kappa shape index (κ2) is 32.3. The number of aliphatic carboxylic acids is 2. The molecule has 0 fully saturated rings. The van der Waals surface area contributed by atoms with Gasteiger partial charge in [-0.05, 0) is 71.4 Å². The van der Waals surface area contributed by atoms with Gasteiger partial charge in [0, 0.05) is 39.0 Å². The highest BCUT2D eigenvalue weighted by Gasteiger charge is 1.99. The van der Waals surface area contributed by atoms with Crippen LogP contribution in [0.5, 0.6) is 0 Å². The minimum Gasteiger partial charge on any atom is -0.481 e. The number of unbranched alkanes of at least 4 members (excludes halogenated alkanes) is 1. The summed E-state index contributed by atoms with van der Waals surface area (Å²) in [6.07, 6.45) is 4.18. The van der Waals surface area contributed by atoms with E-state index in [-0.39, 0.29) is 12.8 Å². The molecule has 0 rings (SSSR count). The zero-order valence-corrected chi connectivity index (χ0v) is 18.5. The van der Waals surface area contributed by atoms with Gasteiger partial charge in [-0.3, -0.25) is 9.59 Å². The number of hydrogen-bond donors (Lipinski definition) is 9. The normalized spacial score (nSPS) is 9.87. The molecule has 0 bridgehead atoms. The Morgan fingerprint density at radius 2 is 0.833 bits per heavy atom. The average Bonchev–Trinajstić information content (AvgIpc) is 2.71. The molecule has 0 aromatic rings. The number of carboxylic acids is 2. The number of carbonyl (C=O) groups is 2. The second-order valence-electron chi connectivity index (χ2n) is 6.46. The summed E-state index contributed by atoms with van der Waals surface area (Å²) in [5.41, 5.74) is 21.1. The first-order valence-electron chi connectivity index (χ1n) is 10.8. The Morgan fingerprint density at radius 3 is 1.10 bits per heavy atom. The fraction of sp³-hybridized carbons (Fsp3) is 0.895. The molecule has 11 heteroatoms. The maximum Gasteiger partial charge on any atom is 0.303 e. The molecular formula is C19H47N7O4. The molecule has 182 valence electrons. The summed E-state index contributed by atoms with van der Waals surface area (Å²) in [6, 6.07) is 0. The van der Waals surface area contributed by atoms with Gasteiger partial charge in [-0.25, -0.2) is 0 Å². The standard InChI is InChI=1S/C8H22N4.C6H10O4.C5H15N3/c9-3-1-5-11-7-8-12-6-2-4-10;7-5(8)3-1-2-4-6(9)10;6-2-1-4-8-5-3-7/h11-12H,1-10H2;1-4H2,(H,7,8)(H,9,10);8H,1-7H2. The Labute approximate surface area is 181 Å². The van der Waals surface area contributed by atoms with Crippen LogP contribution in [0.15, 0.2) is 0 Å². The van der Waals surface area contributed by atoms with E-state index in [1.54, 1.807) is 0 Å². The minimum absolute atomic E-state index is 0.0628. The Kier molecular flexibility index (Phi) is 35.9. The lowest BCUT2D eigenvalue weighted by molar-refractivity contribution is -0.139. The third kappa shape index (κ3) is 45.4. The molecule has 0 aliphatic rings. The first-order valence-corrected chi connectivity index (χ1v) is 10.8. The first-order chi connectivity index (χ1) is 14.5. The SMILES string of the molecule is NCCCNCCN.NCCCNCCNCCCN.O=C(O)CCCCC(=O)O. The second-order valence-corrected chi connectivity index (χ2v) is 6.46. The molecule has 11 nitrogen and oxygen atoms in total. The Bertz CT molecular complexity index is 319. The highest BCUT2D eigenvalue weighted by atomic mass is 16.4.